The molecule has 124 valence electrons. The molecule has 0 radical (unpaired) electrons. The minimum atomic E-state index is -0.404. The van der Waals surface area contributed by atoms with Crippen molar-refractivity contribution in [3.63, 3.8) is 0 Å². The van der Waals surface area contributed by atoms with Crippen LogP contribution in [0.1, 0.15) is 29.6 Å². The predicted octanol–water partition coefficient (Wildman–Crippen LogP) is 2.01. The highest BCUT2D eigenvalue weighted by atomic mass is 16.6. The fraction of sp³-hybridized carbons (Fsp3) is 0.556. The van der Waals surface area contributed by atoms with Gasteiger partial charge in [0.2, 0.25) is 0 Å². The van der Waals surface area contributed by atoms with E-state index >= 15 is 0 Å². The van der Waals surface area contributed by atoms with Crippen LogP contribution >= 0.6 is 0 Å². The van der Waals surface area contributed by atoms with Crippen LogP contribution in [-0.4, -0.2) is 55.8 Å². The molecule has 2 heterocycles. The van der Waals surface area contributed by atoms with E-state index < -0.39 is 6.10 Å². The van der Waals surface area contributed by atoms with Crippen LogP contribution < -0.4 is 0 Å². The van der Waals surface area contributed by atoms with E-state index in [1.54, 1.807) is 24.3 Å². The van der Waals surface area contributed by atoms with E-state index in [2.05, 4.69) is 14.1 Å². The van der Waals surface area contributed by atoms with Crippen LogP contribution in [0.4, 0.5) is 0 Å². The molecular formula is C18H24NO4+. The van der Waals surface area contributed by atoms with Crippen LogP contribution in [0.25, 0.3) is 0 Å². The first-order valence-corrected chi connectivity index (χ1v) is 8.12. The summed E-state index contributed by atoms with van der Waals surface area (Å²) in [6.07, 6.45) is 2.34. The molecule has 2 saturated heterocycles. The third-order valence-corrected chi connectivity index (χ3v) is 5.65. The van der Waals surface area contributed by atoms with Crippen molar-refractivity contribution in [2.45, 2.75) is 37.5 Å². The summed E-state index contributed by atoms with van der Waals surface area (Å²) >= 11 is 0. The van der Waals surface area contributed by atoms with Crippen LogP contribution in [0, 0.1) is 5.92 Å². The molecule has 5 heteroatoms. The molecule has 2 aliphatic rings. The number of rotatable bonds is 3. The van der Waals surface area contributed by atoms with Gasteiger partial charge in [-0.15, -0.1) is 0 Å². The van der Waals surface area contributed by atoms with Crippen molar-refractivity contribution in [1.82, 2.24) is 0 Å². The molecule has 0 unspecified atom stereocenters. The molecular weight excluding hydrogens is 294 g/mol. The van der Waals surface area contributed by atoms with E-state index in [0.717, 1.165) is 17.3 Å². The minimum absolute atomic E-state index is 0.148. The average Bonchev–Trinajstić information content (AvgIpc) is 2.73. The molecule has 5 nitrogen and oxygen atoms in total. The number of piperidine rings is 1. The summed E-state index contributed by atoms with van der Waals surface area (Å²) in [6.45, 7) is 0. The van der Waals surface area contributed by atoms with E-state index in [-0.39, 0.29) is 23.9 Å². The molecule has 1 aromatic carbocycles. The summed E-state index contributed by atoms with van der Waals surface area (Å²) in [6, 6.07) is 9.50. The topological polar surface area (TPSA) is 52.6 Å². The largest absolute Gasteiger partial charge is 0.469 e. The fourth-order valence-electron chi connectivity index (χ4n) is 4.29. The Bertz CT molecular complexity index is 598. The standard InChI is InChI=1S/C18H24NO4/c1-19(2)13-9-10-14(19)16(18(21)22-3)15(11-13)23-17(20)12-7-5-4-6-8-12/h4-8,13-16H,9-11H2,1-3H3/q+1/t13-,14+,15+,16-/m0/s1. The molecule has 4 atom stereocenters. The van der Waals surface area contributed by atoms with Gasteiger partial charge in [0.15, 0.2) is 0 Å². The summed E-state index contributed by atoms with van der Waals surface area (Å²) in [5.41, 5.74) is 0.516. The summed E-state index contributed by atoms with van der Waals surface area (Å²) in [4.78, 5) is 24.7. The van der Waals surface area contributed by atoms with Crippen molar-refractivity contribution in [2.75, 3.05) is 21.2 Å². The summed E-state index contributed by atoms with van der Waals surface area (Å²) in [5.74, 6) is -1.02. The van der Waals surface area contributed by atoms with Gasteiger partial charge in [-0.25, -0.2) is 4.79 Å². The Morgan fingerprint density at radius 3 is 2.48 bits per heavy atom. The molecule has 0 spiro atoms. The number of quaternary nitrogens is 1. The zero-order valence-corrected chi connectivity index (χ0v) is 13.9. The lowest BCUT2D eigenvalue weighted by atomic mass is 9.85. The van der Waals surface area contributed by atoms with Gasteiger partial charge in [-0.05, 0) is 12.1 Å². The molecule has 0 aliphatic carbocycles. The first-order valence-electron chi connectivity index (χ1n) is 8.12. The molecule has 0 saturated carbocycles. The Labute approximate surface area is 136 Å². The monoisotopic (exact) mass is 318 g/mol. The van der Waals surface area contributed by atoms with Crippen LogP contribution in [-0.2, 0) is 14.3 Å². The number of fused-ring (bicyclic) bond motifs is 2. The van der Waals surface area contributed by atoms with Crippen molar-refractivity contribution in [1.29, 1.82) is 0 Å². The first kappa shape index (κ1) is 16.0. The maximum Gasteiger partial charge on any atom is 0.338 e. The second kappa shape index (κ2) is 5.96. The maximum absolute atomic E-state index is 12.4. The van der Waals surface area contributed by atoms with Gasteiger partial charge in [-0.1, -0.05) is 18.2 Å². The van der Waals surface area contributed by atoms with Gasteiger partial charge in [0.05, 0.1) is 32.8 Å². The number of carbonyl (C=O) groups excluding carboxylic acids is 2. The van der Waals surface area contributed by atoms with Crippen LogP contribution in [0.15, 0.2) is 30.3 Å². The Hall–Kier alpha value is -1.88. The number of benzene rings is 1. The van der Waals surface area contributed by atoms with E-state index in [1.807, 2.05) is 6.07 Å². The number of carbonyl (C=O) groups is 2. The van der Waals surface area contributed by atoms with Gasteiger partial charge in [0.1, 0.15) is 18.1 Å². The Kier molecular flexibility index (Phi) is 4.15. The van der Waals surface area contributed by atoms with Crippen molar-refractivity contribution < 1.29 is 23.5 Å². The number of esters is 2. The molecule has 2 bridgehead atoms. The lowest BCUT2D eigenvalue weighted by Gasteiger charge is -2.47. The second-order valence-electron chi connectivity index (χ2n) is 7.02. The van der Waals surface area contributed by atoms with Crippen LogP contribution in [0.5, 0.6) is 0 Å². The Balaban J connectivity index is 1.83. The molecule has 0 aromatic heterocycles. The number of hydrogen-bond acceptors (Lipinski definition) is 4. The van der Waals surface area contributed by atoms with Crippen molar-refractivity contribution in [3.05, 3.63) is 35.9 Å². The quantitative estimate of drug-likeness (QED) is 0.632. The smallest absolute Gasteiger partial charge is 0.338 e. The van der Waals surface area contributed by atoms with Gasteiger partial charge >= 0.3 is 11.9 Å². The molecule has 1 aromatic rings. The van der Waals surface area contributed by atoms with E-state index in [0.29, 0.717) is 18.0 Å². The van der Waals surface area contributed by atoms with Gasteiger partial charge in [-0.3, -0.25) is 4.79 Å². The highest BCUT2D eigenvalue weighted by molar-refractivity contribution is 5.89. The fourth-order valence-corrected chi connectivity index (χ4v) is 4.29. The van der Waals surface area contributed by atoms with Crippen molar-refractivity contribution in [3.8, 4) is 0 Å². The third-order valence-electron chi connectivity index (χ3n) is 5.65. The zero-order chi connectivity index (χ0) is 16.6. The van der Waals surface area contributed by atoms with Gasteiger partial charge < -0.3 is 14.0 Å². The molecule has 3 rings (SSSR count). The normalized spacial score (nSPS) is 31.4. The SMILES string of the molecule is COC(=O)[C@H]1[C@H]2CC[C@@H](C[C@H]1OC(=O)c1ccccc1)[N+]2(C)C. The highest BCUT2D eigenvalue weighted by Crippen LogP contribution is 2.44. The number of nitrogens with zero attached hydrogens (tertiary/aromatic N) is 1. The molecule has 0 N–H and O–H groups in total. The Morgan fingerprint density at radius 2 is 1.83 bits per heavy atom. The summed E-state index contributed by atoms with van der Waals surface area (Å²) in [5, 5.41) is 0. The minimum Gasteiger partial charge on any atom is -0.469 e. The third kappa shape index (κ3) is 2.74. The molecule has 2 fully saturated rings. The summed E-state index contributed by atoms with van der Waals surface area (Å²) in [7, 11) is 5.72. The van der Waals surface area contributed by atoms with E-state index in [1.165, 1.54) is 7.11 Å². The number of hydrogen-bond donors (Lipinski definition) is 0. The van der Waals surface area contributed by atoms with Gasteiger partial charge in [0, 0.05) is 19.3 Å². The predicted molar refractivity (Wildman–Crippen MR) is 84.7 cm³/mol. The van der Waals surface area contributed by atoms with E-state index in [9.17, 15) is 9.59 Å². The highest BCUT2D eigenvalue weighted by Gasteiger charge is 2.58. The maximum atomic E-state index is 12.4. The summed E-state index contributed by atoms with van der Waals surface area (Å²) < 4.78 is 11.6. The number of methoxy groups -OCH3 is 1. The van der Waals surface area contributed by atoms with Crippen molar-refractivity contribution in [2.24, 2.45) is 5.92 Å². The van der Waals surface area contributed by atoms with Gasteiger partial charge in [-0.2, -0.15) is 0 Å². The average molecular weight is 318 g/mol. The van der Waals surface area contributed by atoms with Gasteiger partial charge in [0.25, 0.3) is 0 Å². The Morgan fingerprint density at radius 1 is 1.13 bits per heavy atom. The molecule has 2 aliphatic heterocycles. The van der Waals surface area contributed by atoms with Crippen LogP contribution in [0.2, 0.25) is 0 Å². The lowest BCUT2D eigenvalue weighted by molar-refractivity contribution is -0.934. The van der Waals surface area contributed by atoms with Crippen molar-refractivity contribution >= 4 is 11.9 Å². The molecule has 23 heavy (non-hydrogen) atoms. The van der Waals surface area contributed by atoms with Crippen LogP contribution in [0.3, 0.4) is 0 Å². The molecule has 0 amide bonds. The second-order valence-corrected chi connectivity index (χ2v) is 7.02. The number of ether oxygens (including phenoxy) is 2. The van der Waals surface area contributed by atoms with E-state index in [4.69, 9.17) is 9.47 Å². The first-order chi connectivity index (χ1) is 10.9. The lowest BCUT2D eigenvalue weighted by Crippen LogP contribution is -2.62. The zero-order valence-electron chi connectivity index (χ0n) is 13.9.